The molecule has 10 heteroatoms. The van der Waals surface area contributed by atoms with Crippen molar-refractivity contribution in [1.29, 1.82) is 0 Å². The Morgan fingerprint density at radius 3 is 2.89 bits per heavy atom. The average Bonchev–Trinajstić information content (AvgIpc) is 3.31. The second-order valence-corrected chi connectivity index (χ2v) is 8.34. The molecule has 0 fully saturated rings. The van der Waals surface area contributed by atoms with Crippen LogP contribution in [-0.2, 0) is 13.5 Å². The zero-order valence-electron chi connectivity index (χ0n) is 18.8. The van der Waals surface area contributed by atoms with Gasteiger partial charge in [-0.2, -0.15) is 5.10 Å². The first-order valence-corrected chi connectivity index (χ1v) is 11.3. The number of allylic oxidation sites excluding steroid dienone is 3. The third-order valence-electron chi connectivity index (χ3n) is 5.68. The Hall–Kier alpha value is -4.42. The number of halogens is 1. The van der Waals surface area contributed by atoms with Crippen molar-refractivity contribution in [3.8, 4) is 11.8 Å². The van der Waals surface area contributed by atoms with E-state index < -0.39 is 0 Å². The molecule has 3 N–H and O–H groups in total. The van der Waals surface area contributed by atoms with Crippen LogP contribution in [0.2, 0.25) is 5.15 Å². The minimum absolute atomic E-state index is 0.177. The highest BCUT2D eigenvalue weighted by Crippen LogP contribution is 2.23. The van der Waals surface area contributed by atoms with E-state index in [9.17, 15) is 4.79 Å². The maximum absolute atomic E-state index is 13.1. The summed E-state index contributed by atoms with van der Waals surface area (Å²) in [4.78, 5) is 25.6. The number of carbonyl (C=O) groups is 1. The summed E-state index contributed by atoms with van der Waals surface area (Å²) in [5.41, 5.74) is 9.99. The fourth-order valence-corrected chi connectivity index (χ4v) is 4.18. The molecule has 0 bridgehead atoms. The van der Waals surface area contributed by atoms with E-state index in [-0.39, 0.29) is 17.0 Å². The van der Waals surface area contributed by atoms with Gasteiger partial charge < -0.3 is 11.1 Å². The normalized spacial score (nSPS) is 14.8. The third kappa shape index (κ3) is 4.52. The molecule has 0 radical (unpaired) electrons. The molecule has 1 aliphatic rings. The summed E-state index contributed by atoms with van der Waals surface area (Å²) in [5.74, 6) is 6.02. The smallest absolute Gasteiger partial charge is 0.256 e. The Morgan fingerprint density at radius 2 is 2.06 bits per heavy atom. The lowest BCUT2D eigenvalue weighted by molar-refractivity contribution is 0.0951. The minimum atomic E-state index is -0.283. The van der Waals surface area contributed by atoms with E-state index >= 15 is 0 Å². The van der Waals surface area contributed by atoms with Gasteiger partial charge in [0.25, 0.3) is 5.91 Å². The van der Waals surface area contributed by atoms with E-state index in [2.05, 4.69) is 37.2 Å². The highest BCUT2D eigenvalue weighted by Gasteiger charge is 2.22. The van der Waals surface area contributed by atoms with Crippen LogP contribution in [0.5, 0.6) is 0 Å². The molecular weight excluding hydrogens is 464 g/mol. The molecule has 0 saturated heterocycles. The number of aryl methyl sites for hydroxylation is 1. The van der Waals surface area contributed by atoms with Gasteiger partial charge in [-0.15, -0.1) is 0 Å². The molecule has 1 amide bonds. The first-order valence-electron chi connectivity index (χ1n) is 10.9. The van der Waals surface area contributed by atoms with Crippen LogP contribution in [0.4, 0.5) is 5.82 Å². The standard InChI is InChI=1S/C25H21ClN8O/c1-33-19(12-16-6-3-2-4-7-16)20(22(26)32-33)25(35)28-13-17-8-5-9-18(11-10-17)34-15-31-21-23(27)29-14-30-24(21)34/h2-4,6-7,9-11,14-15,17H,12-13H2,1H3,(H,28,35)(H2,27,29,30). The van der Waals surface area contributed by atoms with Crippen molar-refractivity contribution in [2.75, 3.05) is 12.3 Å². The summed E-state index contributed by atoms with van der Waals surface area (Å²) in [5, 5.41) is 7.38. The molecule has 5 rings (SSSR count). The van der Waals surface area contributed by atoms with Crippen molar-refractivity contribution in [2.24, 2.45) is 13.0 Å². The van der Waals surface area contributed by atoms with Gasteiger partial charge in [-0.3, -0.25) is 14.0 Å². The third-order valence-corrected chi connectivity index (χ3v) is 5.94. The molecule has 4 aromatic rings. The van der Waals surface area contributed by atoms with Crippen LogP contribution in [-0.4, -0.2) is 41.8 Å². The second kappa shape index (κ2) is 9.44. The first kappa shape index (κ1) is 22.4. The van der Waals surface area contributed by atoms with Crippen LogP contribution < -0.4 is 11.1 Å². The lowest BCUT2D eigenvalue weighted by Crippen LogP contribution is -2.29. The van der Waals surface area contributed by atoms with Gasteiger partial charge >= 0.3 is 0 Å². The summed E-state index contributed by atoms with van der Waals surface area (Å²) in [6.07, 6.45) is 9.18. The lowest BCUT2D eigenvalue weighted by Gasteiger charge is -2.10. The lowest BCUT2D eigenvalue weighted by atomic mass is 10.1. The zero-order valence-corrected chi connectivity index (χ0v) is 19.6. The van der Waals surface area contributed by atoms with Crippen molar-refractivity contribution in [1.82, 2.24) is 34.6 Å². The summed E-state index contributed by atoms with van der Waals surface area (Å²) < 4.78 is 3.45. The van der Waals surface area contributed by atoms with Crippen molar-refractivity contribution >= 4 is 40.2 Å². The highest BCUT2D eigenvalue weighted by atomic mass is 35.5. The number of fused-ring (bicyclic) bond motifs is 1. The van der Waals surface area contributed by atoms with Gasteiger partial charge in [0, 0.05) is 26.1 Å². The van der Waals surface area contributed by atoms with Crippen LogP contribution in [0.3, 0.4) is 0 Å². The molecular formula is C25H21ClN8O. The number of nitrogens with zero attached hydrogens (tertiary/aromatic N) is 6. The SMILES string of the molecule is Cn1nc(Cl)c(C(=O)NCC2C#CC=C(n3cnc4c(N)ncnc43)C=C2)c1Cc1ccccc1. The monoisotopic (exact) mass is 484 g/mol. The molecule has 1 atom stereocenters. The zero-order chi connectivity index (χ0) is 24.4. The average molecular weight is 485 g/mol. The topological polar surface area (TPSA) is 117 Å². The van der Waals surface area contributed by atoms with Crippen molar-refractivity contribution < 1.29 is 4.79 Å². The maximum atomic E-state index is 13.1. The van der Waals surface area contributed by atoms with Crippen LogP contribution in [0, 0.1) is 17.8 Å². The first-order chi connectivity index (χ1) is 17.0. The Labute approximate surface area is 206 Å². The predicted octanol–water partition coefficient (Wildman–Crippen LogP) is 2.85. The number of amides is 1. The number of benzene rings is 1. The van der Waals surface area contributed by atoms with E-state index in [1.807, 2.05) is 42.5 Å². The van der Waals surface area contributed by atoms with Crippen molar-refractivity contribution in [3.63, 3.8) is 0 Å². The summed E-state index contributed by atoms with van der Waals surface area (Å²) in [6, 6.07) is 9.88. The van der Waals surface area contributed by atoms with Gasteiger partial charge in [0.05, 0.1) is 22.9 Å². The number of imidazole rings is 1. The van der Waals surface area contributed by atoms with E-state index in [0.717, 1.165) is 17.0 Å². The van der Waals surface area contributed by atoms with E-state index in [0.29, 0.717) is 35.5 Å². The van der Waals surface area contributed by atoms with Gasteiger partial charge in [-0.05, 0) is 11.6 Å². The molecule has 1 aromatic carbocycles. The predicted molar refractivity (Wildman–Crippen MR) is 134 cm³/mol. The number of nitrogen functional groups attached to an aromatic ring is 1. The van der Waals surface area contributed by atoms with Crippen LogP contribution in [0.1, 0.15) is 21.6 Å². The summed E-state index contributed by atoms with van der Waals surface area (Å²) in [6.45, 7) is 0.319. The Morgan fingerprint density at radius 1 is 1.23 bits per heavy atom. The maximum Gasteiger partial charge on any atom is 0.256 e. The fraction of sp³-hybridized carbons (Fsp3) is 0.160. The number of rotatable bonds is 6. The van der Waals surface area contributed by atoms with Crippen LogP contribution >= 0.6 is 11.6 Å². The Bertz CT molecular complexity index is 1540. The molecule has 0 aliphatic heterocycles. The number of nitrogens with two attached hydrogens (primary N) is 1. The quantitative estimate of drug-likeness (QED) is 0.406. The van der Waals surface area contributed by atoms with E-state index in [1.165, 1.54) is 6.33 Å². The summed E-state index contributed by atoms with van der Waals surface area (Å²) in [7, 11) is 1.78. The number of anilines is 1. The highest BCUT2D eigenvalue weighted by molar-refractivity contribution is 6.32. The number of carbonyl (C=O) groups excluding carboxylic acids is 1. The van der Waals surface area contributed by atoms with Gasteiger partial charge in [-0.1, -0.05) is 59.8 Å². The van der Waals surface area contributed by atoms with E-state index in [1.54, 1.807) is 28.7 Å². The Balaban J connectivity index is 1.29. The minimum Gasteiger partial charge on any atom is -0.382 e. The number of nitrogens with one attached hydrogen (secondary N) is 1. The van der Waals surface area contributed by atoms with Gasteiger partial charge in [-0.25, -0.2) is 15.0 Å². The second-order valence-electron chi connectivity index (χ2n) is 7.98. The van der Waals surface area contributed by atoms with Crippen LogP contribution in [0.15, 0.2) is 61.2 Å². The van der Waals surface area contributed by atoms with Gasteiger partial charge in [0.2, 0.25) is 0 Å². The molecule has 35 heavy (non-hydrogen) atoms. The fourth-order valence-electron chi connectivity index (χ4n) is 3.88. The molecule has 3 heterocycles. The number of hydrogen-bond acceptors (Lipinski definition) is 6. The van der Waals surface area contributed by atoms with Gasteiger partial charge in [0.15, 0.2) is 22.1 Å². The molecule has 1 aliphatic carbocycles. The van der Waals surface area contributed by atoms with Crippen molar-refractivity contribution in [2.45, 2.75) is 6.42 Å². The summed E-state index contributed by atoms with van der Waals surface area (Å²) >= 11 is 6.32. The molecule has 1 unspecified atom stereocenters. The van der Waals surface area contributed by atoms with Crippen LogP contribution in [0.25, 0.3) is 16.9 Å². The van der Waals surface area contributed by atoms with Gasteiger partial charge in [0.1, 0.15) is 12.7 Å². The molecule has 0 saturated carbocycles. The molecule has 9 nitrogen and oxygen atoms in total. The molecule has 174 valence electrons. The molecule has 0 spiro atoms. The Kier molecular flexibility index (Phi) is 6.04. The molecule has 3 aromatic heterocycles. The number of aromatic nitrogens is 6. The van der Waals surface area contributed by atoms with E-state index in [4.69, 9.17) is 17.3 Å². The van der Waals surface area contributed by atoms with Crippen molar-refractivity contribution in [3.05, 3.63) is 83.2 Å². The largest absolute Gasteiger partial charge is 0.382 e. The number of hydrogen-bond donors (Lipinski definition) is 2.